The summed E-state index contributed by atoms with van der Waals surface area (Å²) in [7, 11) is 0. The van der Waals surface area contributed by atoms with E-state index >= 15 is 0 Å². The average molecular weight is 497 g/mol. The lowest BCUT2D eigenvalue weighted by Crippen LogP contribution is -2.64. The van der Waals surface area contributed by atoms with Gasteiger partial charge in [0.05, 0.1) is 31.2 Å². The zero-order valence-electron chi connectivity index (χ0n) is 22.0. The predicted octanol–water partition coefficient (Wildman–Crippen LogP) is 4.05. The smallest absolute Gasteiger partial charge is 0.315 e. The molecule has 1 saturated heterocycles. The third-order valence-electron chi connectivity index (χ3n) is 10.7. The maximum absolute atomic E-state index is 13.5. The molecule has 3 saturated carbocycles. The Morgan fingerprint density at radius 2 is 2.14 bits per heavy atom. The fraction of sp³-hybridized carbons (Fsp3) is 0.759. The van der Waals surface area contributed by atoms with Crippen LogP contribution >= 0.6 is 0 Å². The Morgan fingerprint density at radius 3 is 2.78 bits per heavy atom. The number of carbonyl (C=O) groups excluding carboxylic acids is 1. The second-order valence-corrected chi connectivity index (χ2v) is 12.6. The summed E-state index contributed by atoms with van der Waals surface area (Å²) in [4.78, 5) is 28.8. The van der Waals surface area contributed by atoms with Crippen molar-refractivity contribution in [2.75, 3.05) is 26.3 Å². The van der Waals surface area contributed by atoms with Crippen molar-refractivity contribution in [3.8, 4) is 6.07 Å². The van der Waals surface area contributed by atoms with Crippen LogP contribution in [0.5, 0.6) is 0 Å². The van der Waals surface area contributed by atoms with Crippen LogP contribution in [0.4, 0.5) is 0 Å². The van der Waals surface area contributed by atoms with Crippen molar-refractivity contribution >= 4 is 12.3 Å². The van der Waals surface area contributed by atoms with Crippen molar-refractivity contribution < 1.29 is 24.2 Å². The van der Waals surface area contributed by atoms with Crippen LogP contribution < -0.4 is 0 Å². The Balaban J connectivity index is 1.50. The first-order chi connectivity index (χ1) is 17.1. The molecule has 0 amide bonds. The van der Waals surface area contributed by atoms with E-state index in [4.69, 9.17) is 9.47 Å². The molecule has 0 aromatic rings. The zero-order chi connectivity index (χ0) is 26.0. The molecule has 5 rings (SSSR count). The van der Waals surface area contributed by atoms with E-state index in [1.807, 2.05) is 0 Å². The fourth-order valence-electron chi connectivity index (χ4n) is 9.25. The highest BCUT2D eigenvalue weighted by atomic mass is 16.7. The molecular formula is C29H40N2O5. The van der Waals surface area contributed by atoms with Crippen molar-refractivity contribution in [1.82, 2.24) is 4.90 Å². The van der Waals surface area contributed by atoms with Gasteiger partial charge in [0.1, 0.15) is 11.7 Å². The van der Waals surface area contributed by atoms with Crippen molar-refractivity contribution in [1.29, 1.82) is 5.26 Å². The molecule has 1 N–H and O–H groups in total. The summed E-state index contributed by atoms with van der Waals surface area (Å²) < 4.78 is 12.5. The number of nitriles is 1. The third kappa shape index (κ3) is 3.14. The number of aldehydes is 1. The number of aliphatic carboxylic acids is 1. The normalized spacial score (nSPS) is 45.3. The molecule has 7 heteroatoms. The summed E-state index contributed by atoms with van der Waals surface area (Å²) in [5, 5.41) is 20.3. The molecule has 7 nitrogen and oxygen atoms in total. The van der Waals surface area contributed by atoms with E-state index in [-0.39, 0.29) is 30.4 Å². The van der Waals surface area contributed by atoms with Gasteiger partial charge in [-0.2, -0.15) is 5.26 Å². The number of ether oxygens (including phenoxy) is 2. The number of hydrogen-bond donors (Lipinski definition) is 1. The van der Waals surface area contributed by atoms with Gasteiger partial charge in [-0.1, -0.05) is 45.4 Å². The number of fused-ring (bicyclic) bond motifs is 2. The van der Waals surface area contributed by atoms with Gasteiger partial charge in [-0.05, 0) is 55.8 Å². The standard InChI is InChI=1S/C29H40N2O5/c1-17(2)24-8-21-9-27(15-32)23-7-6-19(4)22(23)10-28(21,29(24,27)26(33)34)16-36-25-13-31(12-18(3)11-30)20(5)14-35-25/h8,15,17,19-23,25H,3,6-7,9-10,12-14,16H2,1-2,4-5H3,(H,33,34)/t19-,20-,21+,22-,23-,25+,27+,28+,29+/m1/s1. The quantitative estimate of drug-likeness (QED) is 0.307. The number of morpholine rings is 1. The molecule has 5 aliphatic rings. The highest BCUT2D eigenvalue weighted by molar-refractivity contribution is 5.90. The van der Waals surface area contributed by atoms with Gasteiger partial charge >= 0.3 is 5.97 Å². The molecular weight excluding hydrogens is 456 g/mol. The monoisotopic (exact) mass is 496 g/mol. The van der Waals surface area contributed by atoms with Crippen molar-refractivity contribution in [3.05, 3.63) is 23.8 Å². The minimum absolute atomic E-state index is 0.00554. The van der Waals surface area contributed by atoms with Crippen molar-refractivity contribution in [2.45, 2.75) is 65.7 Å². The number of carbonyl (C=O) groups is 2. The van der Waals surface area contributed by atoms with Crippen LogP contribution in [0.25, 0.3) is 0 Å². The molecule has 0 aromatic heterocycles. The highest BCUT2D eigenvalue weighted by Gasteiger charge is 2.84. The molecule has 4 aliphatic carbocycles. The van der Waals surface area contributed by atoms with Crippen LogP contribution in [0.15, 0.2) is 23.8 Å². The van der Waals surface area contributed by atoms with Gasteiger partial charge in [0, 0.05) is 23.6 Å². The predicted molar refractivity (Wildman–Crippen MR) is 134 cm³/mol. The summed E-state index contributed by atoms with van der Waals surface area (Å²) in [5.41, 5.74) is -1.36. The van der Waals surface area contributed by atoms with E-state index < -0.39 is 28.5 Å². The van der Waals surface area contributed by atoms with Crippen LogP contribution in [-0.2, 0) is 19.1 Å². The first-order valence-corrected chi connectivity index (χ1v) is 13.5. The first-order valence-electron chi connectivity index (χ1n) is 13.5. The van der Waals surface area contributed by atoms with Crippen LogP contribution in [-0.4, -0.2) is 60.9 Å². The van der Waals surface area contributed by atoms with Crippen molar-refractivity contribution in [2.24, 2.45) is 45.8 Å². The van der Waals surface area contributed by atoms with Gasteiger partial charge in [0.25, 0.3) is 0 Å². The summed E-state index contributed by atoms with van der Waals surface area (Å²) >= 11 is 0. The fourth-order valence-corrected chi connectivity index (χ4v) is 9.25. The molecule has 0 radical (unpaired) electrons. The number of carboxylic acids is 1. The number of hydrogen-bond acceptors (Lipinski definition) is 6. The minimum Gasteiger partial charge on any atom is -0.481 e. The van der Waals surface area contributed by atoms with Crippen molar-refractivity contribution in [3.63, 3.8) is 0 Å². The Morgan fingerprint density at radius 1 is 1.39 bits per heavy atom. The first kappa shape index (κ1) is 25.6. The third-order valence-corrected chi connectivity index (χ3v) is 10.7. The summed E-state index contributed by atoms with van der Waals surface area (Å²) in [6.45, 7) is 13.9. The van der Waals surface area contributed by atoms with Crippen LogP contribution in [0.2, 0.25) is 0 Å². The van der Waals surface area contributed by atoms with E-state index in [1.54, 1.807) is 0 Å². The van der Waals surface area contributed by atoms with E-state index in [2.05, 4.69) is 51.3 Å². The van der Waals surface area contributed by atoms with Gasteiger partial charge in [-0.25, -0.2) is 0 Å². The number of rotatable bonds is 8. The second kappa shape index (κ2) is 8.79. The topological polar surface area (TPSA) is 99.9 Å². The van der Waals surface area contributed by atoms with Gasteiger partial charge in [-0.15, -0.1) is 0 Å². The van der Waals surface area contributed by atoms with E-state index in [9.17, 15) is 20.0 Å². The Labute approximate surface area is 214 Å². The molecule has 9 atom stereocenters. The summed E-state index contributed by atoms with van der Waals surface area (Å²) in [6, 6.07) is 2.25. The number of nitrogens with zero attached hydrogens (tertiary/aromatic N) is 2. The largest absolute Gasteiger partial charge is 0.481 e. The lowest BCUT2D eigenvalue weighted by molar-refractivity contribution is -0.227. The van der Waals surface area contributed by atoms with Gasteiger partial charge < -0.3 is 19.4 Å². The maximum Gasteiger partial charge on any atom is 0.315 e. The maximum atomic E-state index is 13.5. The molecule has 0 spiro atoms. The number of carboxylic acid groups (broad SMARTS) is 1. The minimum atomic E-state index is -1.23. The van der Waals surface area contributed by atoms with Crippen LogP contribution in [0.1, 0.15) is 53.4 Å². The Hall–Kier alpha value is -2.01. The van der Waals surface area contributed by atoms with Gasteiger partial charge in [-0.3, -0.25) is 9.69 Å². The Kier molecular flexibility index (Phi) is 6.26. The molecule has 0 unspecified atom stereocenters. The van der Waals surface area contributed by atoms with E-state index in [0.29, 0.717) is 43.5 Å². The molecule has 196 valence electrons. The molecule has 1 heterocycles. The van der Waals surface area contributed by atoms with Gasteiger partial charge in [0.2, 0.25) is 0 Å². The zero-order valence-corrected chi connectivity index (χ0v) is 22.0. The molecule has 1 aliphatic heterocycles. The number of allylic oxidation sites excluding steroid dienone is 1. The molecule has 4 bridgehead atoms. The Bertz CT molecular complexity index is 1030. The van der Waals surface area contributed by atoms with E-state index in [0.717, 1.165) is 31.1 Å². The second-order valence-electron chi connectivity index (χ2n) is 12.6. The summed E-state index contributed by atoms with van der Waals surface area (Å²) in [6.07, 6.45) is 6.08. The van der Waals surface area contributed by atoms with Crippen LogP contribution in [0, 0.1) is 57.2 Å². The van der Waals surface area contributed by atoms with Crippen LogP contribution in [0.3, 0.4) is 0 Å². The van der Waals surface area contributed by atoms with Gasteiger partial charge in [0.15, 0.2) is 6.29 Å². The highest BCUT2D eigenvalue weighted by Crippen LogP contribution is 2.82. The average Bonchev–Trinajstić information content (AvgIpc) is 3.41. The SMILES string of the molecule is C=C(C#N)CN1C[C@H](OC[C@@]23C[C@@H]4[C@H](C)CC[C@H]4[C@@]4(C=O)C[C@@H]2C=C(C(C)C)[C@@]34C(=O)O)OC[C@H]1C. The summed E-state index contributed by atoms with van der Waals surface area (Å²) in [5.74, 6) is 0.103. The molecule has 36 heavy (non-hydrogen) atoms. The lowest BCUT2D eigenvalue weighted by atomic mass is 9.43. The molecule has 0 aromatic carbocycles. The lowest BCUT2D eigenvalue weighted by Gasteiger charge is -2.58. The molecule has 4 fully saturated rings. The van der Waals surface area contributed by atoms with E-state index in [1.165, 1.54) is 0 Å².